The molecule has 1 nitrogen and oxygen atoms in total. The molecule has 1 heteroatoms. The van der Waals surface area contributed by atoms with Crippen molar-refractivity contribution in [2.75, 3.05) is 0 Å². The van der Waals surface area contributed by atoms with Crippen LogP contribution in [-0.4, -0.2) is 4.98 Å². The summed E-state index contributed by atoms with van der Waals surface area (Å²) in [6.07, 6.45) is 2.20. The monoisotopic (exact) mass is 409 g/mol. The second kappa shape index (κ2) is 6.83. The van der Waals surface area contributed by atoms with Crippen LogP contribution in [0.25, 0.3) is 43.7 Å². The molecule has 1 aromatic heterocycles. The maximum atomic E-state index is 3.67. The zero-order valence-corrected chi connectivity index (χ0v) is 17.8. The van der Waals surface area contributed by atoms with Crippen LogP contribution < -0.4 is 0 Å². The van der Waals surface area contributed by atoms with Gasteiger partial charge in [0.05, 0.1) is 0 Å². The number of nitrogens with one attached hydrogen (secondary N) is 1. The molecular formula is C31H23N. The fraction of sp³-hybridized carbons (Fsp3) is 0.0968. The molecule has 1 aliphatic rings. The number of rotatable bonds is 3. The minimum Gasteiger partial charge on any atom is -0.355 e. The van der Waals surface area contributed by atoms with Crippen molar-refractivity contribution < 1.29 is 0 Å². The van der Waals surface area contributed by atoms with E-state index in [0.717, 1.165) is 12.8 Å². The van der Waals surface area contributed by atoms with Crippen molar-refractivity contribution in [3.63, 3.8) is 0 Å². The average Bonchev–Trinajstić information content (AvgIpc) is 3.37. The van der Waals surface area contributed by atoms with Crippen molar-refractivity contribution in [2.24, 2.45) is 0 Å². The van der Waals surface area contributed by atoms with Gasteiger partial charge in [0.25, 0.3) is 0 Å². The third-order valence-corrected chi connectivity index (χ3v) is 7.23. The van der Waals surface area contributed by atoms with E-state index in [1.54, 1.807) is 0 Å². The molecule has 0 saturated heterocycles. The summed E-state index contributed by atoms with van der Waals surface area (Å²) in [6.45, 7) is 0. The van der Waals surface area contributed by atoms with Gasteiger partial charge in [-0.15, -0.1) is 0 Å². The van der Waals surface area contributed by atoms with Gasteiger partial charge in [0.15, 0.2) is 0 Å². The first-order valence-corrected chi connectivity index (χ1v) is 11.5. The second-order valence-corrected chi connectivity index (χ2v) is 8.98. The Morgan fingerprint density at radius 2 is 1.38 bits per heavy atom. The van der Waals surface area contributed by atoms with Crippen LogP contribution in [0.15, 0.2) is 103 Å². The molecule has 152 valence electrons. The van der Waals surface area contributed by atoms with Crippen LogP contribution in [0, 0.1) is 0 Å². The maximum Gasteiger partial charge on any atom is 0.0468 e. The van der Waals surface area contributed by atoms with Crippen LogP contribution in [0.2, 0.25) is 0 Å². The first-order valence-electron chi connectivity index (χ1n) is 11.5. The number of benzene rings is 5. The van der Waals surface area contributed by atoms with Gasteiger partial charge in [-0.3, -0.25) is 0 Å². The van der Waals surface area contributed by atoms with Gasteiger partial charge in [-0.1, -0.05) is 84.9 Å². The molecule has 6 aromatic rings. The van der Waals surface area contributed by atoms with Gasteiger partial charge in [0, 0.05) is 27.7 Å². The first kappa shape index (κ1) is 17.8. The van der Waals surface area contributed by atoms with Crippen molar-refractivity contribution in [1.29, 1.82) is 0 Å². The summed E-state index contributed by atoms with van der Waals surface area (Å²) in [7, 11) is 0. The highest BCUT2D eigenvalue weighted by Gasteiger charge is 2.31. The number of hydrogen-bond donors (Lipinski definition) is 1. The standard InChI is InChI=1S/C31H23N/c1-2-8-20(9-3-1)14-16-24-27-19-30-28(23-12-6-7-13-29(23)32-30)18-26(27)25-17-15-21-10-4-5-11-22(21)31(24)25/h1-13,15,17-19,24,32H,14,16H2. The van der Waals surface area contributed by atoms with E-state index in [9.17, 15) is 0 Å². The first-order chi connectivity index (χ1) is 15.9. The molecule has 0 spiro atoms. The number of aryl methyl sites for hydroxylation is 1. The Morgan fingerprint density at radius 3 is 2.28 bits per heavy atom. The largest absolute Gasteiger partial charge is 0.355 e. The van der Waals surface area contributed by atoms with Gasteiger partial charge in [-0.05, 0) is 69.6 Å². The van der Waals surface area contributed by atoms with E-state index in [1.807, 2.05) is 0 Å². The number of hydrogen-bond acceptors (Lipinski definition) is 0. The lowest BCUT2D eigenvalue weighted by Gasteiger charge is -2.16. The third kappa shape index (κ3) is 2.58. The summed E-state index contributed by atoms with van der Waals surface area (Å²) in [5, 5.41) is 5.36. The number of aromatic amines is 1. The van der Waals surface area contributed by atoms with Crippen molar-refractivity contribution in [1.82, 2.24) is 4.98 Å². The van der Waals surface area contributed by atoms with Crippen LogP contribution in [0.5, 0.6) is 0 Å². The fourth-order valence-electron chi connectivity index (χ4n) is 5.75. The lowest BCUT2D eigenvalue weighted by Crippen LogP contribution is -2.00. The molecule has 0 bridgehead atoms. The molecule has 1 N–H and O–H groups in total. The van der Waals surface area contributed by atoms with E-state index >= 15 is 0 Å². The average molecular weight is 410 g/mol. The number of fused-ring (bicyclic) bond motifs is 8. The highest BCUT2D eigenvalue weighted by molar-refractivity contribution is 6.10. The molecule has 32 heavy (non-hydrogen) atoms. The Labute approximate surface area is 187 Å². The Morgan fingerprint density at radius 1 is 0.594 bits per heavy atom. The molecule has 0 radical (unpaired) electrons. The SMILES string of the molecule is c1ccc(CCC2c3cc4[nH]c5ccccc5c4cc3-c3ccc4ccccc4c32)cc1. The van der Waals surface area contributed by atoms with Gasteiger partial charge in [0.2, 0.25) is 0 Å². The zero-order chi connectivity index (χ0) is 21.1. The van der Waals surface area contributed by atoms with E-state index in [1.165, 1.54) is 60.4 Å². The van der Waals surface area contributed by atoms with Crippen LogP contribution in [-0.2, 0) is 6.42 Å². The predicted octanol–water partition coefficient (Wildman–Crippen LogP) is 8.22. The smallest absolute Gasteiger partial charge is 0.0468 e. The van der Waals surface area contributed by atoms with Crippen LogP contribution >= 0.6 is 0 Å². The number of para-hydroxylation sites is 1. The summed E-state index contributed by atoms with van der Waals surface area (Å²) < 4.78 is 0. The quantitative estimate of drug-likeness (QED) is 0.303. The highest BCUT2D eigenvalue weighted by Crippen LogP contribution is 2.51. The van der Waals surface area contributed by atoms with Crippen LogP contribution in [0.3, 0.4) is 0 Å². The third-order valence-electron chi connectivity index (χ3n) is 7.23. The summed E-state index contributed by atoms with van der Waals surface area (Å²) >= 11 is 0. The molecule has 1 heterocycles. The molecule has 1 aliphatic carbocycles. The maximum absolute atomic E-state index is 3.67. The second-order valence-electron chi connectivity index (χ2n) is 8.98. The van der Waals surface area contributed by atoms with E-state index < -0.39 is 0 Å². The number of aromatic nitrogens is 1. The summed E-state index contributed by atoms with van der Waals surface area (Å²) in [6, 6.07) is 37.9. The Bertz CT molecular complexity index is 1620. The molecule has 0 saturated carbocycles. The van der Waals surface area contributed by atoms with E-state index in [-0.39, 0.29) is 0 Å². The normalized spacial score (nSPS) is 14.8. The van der Waals surface area contributed by atoms with E-state index in [4.69, 9.17) is 0 Å². The Kier molecular flexibility index (Phi) is 3.80. The molecule has 1 unspecified atom stereocenters. The summed E-state index contributed by atoms with van der Waals surface area (Å²) in [5.74, 6) is 0.405. The Balaban J connectivity index is 1.47. The van der Waals surface area contributed by atoms with Gasteiger partial charge in [0.1, 0.15) is 0 Å². The molecule has 5 aromatic carbocycles. The highest BCUT2D eigenvalue weighted by atomic mass is 14.7. The lowest BCUT2D eigenvalue weighted by molar-refractivity contribution is 0.734. The summed E-state index contributed by atoms with van der Waals surface area (Å²) in [5.41, 5.74) is 9.65. The van der Waals surface area contributed by atoms with E-state index in [0.29, 0.717) is 5.92 Å². The zero-order valence-electron chi connectivity index (χ0n) is 17.8. The minimum absolute atomic E-state index is 0.405. The van der Waals surface area contributed by atoms with Gasteiger partial charge in [-0.25, -0.2) is 0 Å². The molecule has 7 rings (SSSR count). The van der Waals surface area contributed by atoms with Crippen molar-refractivity contribution in [3.8, 4) is 11.1 Å². The minimum atomic E-state index is 0.405. The molecule has 1 atom stereocenters. The lowest BCUT2D eigenvalue weighted by atomic mass is 9.87. The fourth-order valence-corrected chi connectivity index (χ4v) is 5.75. The van der Waals surface area contributed by atoms with Gasteiger partial charge in [-0.2, -0.15) is 0 Å². The molecule has 0 fully saturated rings. The van der Waals surface area contributed by atoms with Crippen LogP contribution in [0.4, 0.5) is 0 Å². The molecule has 0 amide bonds. The molecule has 0 aliphatic heterocycles. The summed E-state index contributed by atoms with van der Waals surface area (Å²) in [4.78, 5) is 3.67. The van der Waals surface area contributed by atoms with Crippen molar-refractivity contribution >= 4 is 32.6 Å². The van der Waals surface area contributed by atoms with E-state index in [2.05, 4.69) is 108 Å². The predicted molar refractivity (Wildman–Crippen MR) is 135 cm³/mol. The number of H-pyrrole nitrogens is 1. The van der Waals surface area contributed by atoms with Crippen LogP contribution in [0.1, 0.15) is 29.0 Å². The Hall–Kier alpha value is -3.84. The molecular weight excluding hydrogens is 386 g/mol. The van der Waals surface area contributed by atoms with Gasteiger partial charge >= 0.3 is 0 Å². The topological polar surface area (TPSA) is 15.8 Å². The van der Waals surface area contributed by atoms with Gasteiger partial charge < -0.3 is 4.98 Å². The van der Waals surface area contributed by atoms with Crippen molar-refractivity contribution in [3.05, 3.63) is 120 Å². The van der Waals surface area contributed by atoms with Crippen molar-refractivity contribution in [2.45, 2.75) is 18.8 Å².